The zero-order chi connectivity index (χ0) is 29.2. The van der Waals surface area contributed by atoms with Crippen LogP contribution in [0.3, 0.4) is 0 Å². The molecule has 7 N–H and O–H groups in total. The number of hydrogen-bond donors (Lipinski definition) is 7. The first-order chi connectivity index (χ1) is 19.9. The van der Waals surface area contributed by atoms with Crippen molar-refractivity contribution in [3.05, 3.63) is 59.7 Å². The lowest BCUT2D eigenvalue weighted by Crippen LogP contribution is -2.48. The van der Waals surface area contributed by atoms with Crippen LogP contribution in [0.4, 0.5) is 11.4 Å². The molecular weight excluding hydrogens is 528 g/mol. The van der Waals surface area contributed by atoms with Crippen molar-refractivity contribution < 1.29 is 30.0 Å². The molecular formula is C29H44N6O6. The van der Waals surface area contributed by atoms with E-state index in [0.717, 1.165) is 43.6 Å². The number of methoxy groups -OCH3 is 1. The van der Waals surface area contributed by atoms with E-state index in [2.05, 4.69) is 16.0 Å². The molecule has 2 aromatic carbocycles. The summed E-state index contributed by atoms with van der Waals surface area (Å²) < 4.78 is 5.06. The minimum atomic E-state index is -1.01. The molecule has 12 heteroatoms. The van der Waals surface area contributed by atoms with Crippen molar-refractivity contribution in [1.82, 2.24) is 20.0 Å². The fraction of sp³-hybridized carbons (Fsp3) is 0.552. The van der Waals surface area contributed by atoms with Crippen LogP contribution in [0.25, 0.3) is 0 Å². The van der Waals surface area contributed by atoms with Crippen LogP contribution < -0.4 is 16.0 Å². The largest absolute Gasteiger partial charge is 0.375 e. The van der Waals surface area contributed by atoms with Gasteiger partial charge in [-0.1, -0.05) is 36.4 Å². The molecule has 0 fully saturated rings. The summed E-state index contributed by atoms with van der Waals surface area (Å²) in [5, 5.41) is 51.6. The third kappa shape index (κ3) is 8.15. The second-order valence-electron chi connectivity index (χ2n) is 10.4. The topological polar surface area (TPSA) is 153 Å². The Bertz CT molecular complexity index is 1110. The summed E-state index contributed by atoms with van der Waals surface area (Å²) in [7, 11) is 1.50. The second kappa shape index (κ2) is 15.4. The quantitative estimate of drug-likeness (QED) is 0.153. The van der Waals surface area contributed by atoms with E-state index in [1.54, 1.807) is 14.7 Å². The van der Waals surface area contributed by atoms with Gasteiger partial charge in [-0.05, 0) is 50.9 Å². The fourth-order valence-electron chi connectivity index (χ4n) is 5.35. The van der Waals surface area contributed by atoms with Crippen LogP contribution in [-0.4, -0.2) is 107 Å². The molecule has 0 saturated heterocycles. The SMILES string of the molecule is COCC(=O)N(CCCCNCCCN1C(O)Nc2ccccc2C1O)CCCN1C(O)Nc2ccccc2C1O. The van der Waals surface area contributed by atoms with Crippen molar-refractivity contribution in [3.63, 3.8) is 0 Å². The third-order valence-electron chi connectivity index (χ3n) is 7.57. The van der Waals surface area contributed by atoms with Crippen molar-refractivity contribution in [1.29, 1.82) is 0 Å². The molecule has 0 radical (unpaired) electrons. The molecule has 1 amide bonds. The molecule has 41 heavy (non-hydrogen) atoms. The zero-order valence-electron chi connectivity index (χ0n) is 23.7. The highest BCUT2D eigenvalue weighted by atomic mass is 16.5. The van der Waals surface area contributed by atoms with Gasteiger partial charge in [0.2, 0.25) is 5.91 Å². The molecule has 2 heterocycles. The highest BCUT2D eigenvalue weighted by molar-refractivity contribution is 5.77. The molecule has 12 nitrogen and oxygen atoms in total. The Morgan fingerprint density at radius 2 is 1.32 bits per heavy atom. The van der Waals surface area contributed by atoms with Gasteiger partial charge in [-0.3, -0.25) is 4.79 Å². The lowest BCUT2D eigenvalue weighted by atomic mass is 10.1. The number of aliphatic hydroxyl groups excluding tert-OH is 4. The summed E-state index contributed by atoms with van der Waals surface area (Å²) in [6.07, 6.45) is -0.701. The van der Waals surface area contributed by atoms with Crippen molar-refractivity contribution in [2.24, 2.45) is 0 Å². The highest BCUT2D eigenvalue weighted by Crippen LogP contribution is 2.33. The number of nitrogens with zero attached hydrogens (tertiary/aromatic N) is 3. The average Bonchev–Trinajstić information content (AvgIpc) is 2.96. The van der Waals surface area contributed by atoms with Gasteiger partial charge in [0.05, 0.1) is 0 Å². The first-order valence-corrected chi connectivity index (χ1v) is 14.3. The Kier molecular flexibility index (Phi) is 11.7. The number of aliphatic hydroxyl groups is 4. The van der Waals surface area contributed by atoms with Crippen molar-refractivity contribution in [2.45, 2.75) is 50.8 Å². The number of hydrogen-bond acceptors (Lipinski definition) is 11. The molecule has 0 aliphatic carbocycles. The molecule has 0 saturated carbocycles. The molecule has 4 atom stereocenters. The van der Waals surface area contributed by atoms with Gasteiger partial charge in [-0.2, -0.15) is 0 Å². The summed E-state index contributed by atoms with van der Waals surface area (Å²) >= 11 is 0. The van der Waals surface area contributed by atoms with Gasteiger partial charge in [0, 0.05) is 55.8 Å². The number of rotatable bonds is 15. The van der Waals surface area contributed by atoms with Crippen LogP contribution in [0.2, 0.25) is 0 Å². The Morgan fingerprint density at radius 3 is 1.90 bits per heavy atom. The number of anilines is 2. The fourth-order valence-corrected chi connectivity index (χ4v) is 5.35. The number of carbonyl (C=O) groups excluding carboxylic acids is 1. The lowest BCUT2D eigenvalue weighted by molar-refractivity contribution is -0.135. The van der Waals surface area contributed by atoms with Crippen molar-refractivity contribution >= 4 is 17.3 Å². The highest BCUT2D eigenvalue weighted by Gasteiger charge is 2.32. The van der Waals surface area contributed by atoms with E-state index in [9.17, 15) is 25.2 Å². The predicted molar refractivity (Wildman–Crippen MR) is 155 cm³/mol. The van der Waals surface area contributed by atoms with Crippen LogP contribution in [-0.2, 0) is 9.53 Å². The number of unbranched alkanes of at least 4 members (excludes halogenated alkanes) is 1. The van der Waals surface area contributed by atoms with Gasteiger partial charge in [-0.15, -0.1) is 0 Å². The van der Waals surface area contributed by atoms with Crippen LogP contribution in [0.1, 0.15) is 49.3 Å². The van der Waals surface area contributed by atoms with Gasteiger partial charge in [0.15, 0.2) is 12.7 Å². The van der Waals surface area contributed by atoms with Crippen LogP contribution >= 0.6 is 0 Å². The van der Waals surface area contributed by atoms with Crippen molar-refractivity contribution in [2.75, 3.05) is 63.6 Å². The van der Waals surface area contributed by atoms with E-state index >= 15 is 0 Å². The molecule has 0 spiro atoms. The van der Waals surface area contributed by atoms with Crippen molar-refractivity contribution in [3.8, 4) is 0 Å². The zero-order valence-corrected chi connectivity index (χ0v) is 23.7. The second-order valence-corrected chi connectivity index (χ2v) is 10.4. The minimum absolute atomic E-state index is 0.00960. The van der Waals surface area contributed by atoms with Crippen LogP contribution in [0.15, 0.2) is 48.5 Å². The molecule has 4 rings (SSSR count). The van der Waals surface area contributed by atoms with Gasteiger partial charge < -0.3 is 46.0 Å². The van der Waals surface area contributed by atoms with E-state index < -0.39 is 25.2 Å². The summed E-state index contributed by atoms with van der Waals surface area (Å²) in [5.41, 5.74) is 2.91. The number of amides is 1. The number of ether oxygens (including phenoxy) is 1. The van der Waals surface area contributed by atoms with Gasteiger partial charge in [0.25, 0.3) is 0 Å². The number of fused-ring (bicyclic) bond motifs is 2. The Hall–Kier alpha value is -2.81. The van der Waals surface area contributed by atoms with Gasteiger partial charge >= 0.3 is 0 Å². The Balaban J connectivity index is 1.13. The van der Waals surface area contributed by atoms with Gasteiger partial charge in [-0.25, -0.2) is 9.80 Å². The molecule has 2 aliphatic heterocycles. The standard InChI is InChI=1S/C29H44N6O6/c1-41-20-25(36)33(17-9-19-35-27(38)22-11-3-5-13-24(22)32-29(35)40)16-7-6-14-30-15-8-18-34-26(37)21-10-2-4-12-23(21)31-28(34)39/h2-5,10-13,26-32,37-40H,6-9,14-20H2,1H3. The van der Waals surface area contributed by atoms with E-state index in [1.165, 1.54) is 7.11 Å². The summed E-state index contributed by atoms with van der Waals surface area (Å²) in [4.78, 5) is 17.6. The van der Waals surface area contributed by atoms with Crippen LogP contribution in [0, 0.1) is 0 Å². The average molecular weight is 573 g/mol. The maximum absolute atomic E-state index is 12.6. The van der Waals surface area contributed by atoms with E-state index in [-0.39, 0.29) is 12.5 Å². The maximum atomic E-state index is 12.6. The van der Waals surface area contributed by atoms with Crippen LogP contribution in [0.5, 0.6) is 0 Å². The monoisotopic (exact) mass is 572 g/mol. The lowest BCUT2D eigenvalue weighted by Gasteiger charge is -2.39. The maximum Gasteiger partial charge on any atom is 0.248 e. The number of benzene rings is 2. The first kappa shape index (κ1) is 31.1. The molecule has 226 valence electrons. The molecule has 4 unspecified atom stereocenters. The first-order valence-electron chi connectivity index (χ1n) is 14.3. The minimum Gasteiger partial charge on any atom is -0.375 e. The Labute approximate surface area is 241 Å². The smallest absolute Gasteiger partial charge is 0.248 e. The summed E-state index contributed by atoms with van der Waals surface area (Å²) in [5.74, 6) is -0.0856. The molecule has 2 aromatic rings. The Morgan fingerprint density at radius 1 is 0.805 bits per heavy atom. The summed E-state index contributed by atoms with van der Waals surface area (Å²) in [6, 6.07) is 14.8. The molecule has 2 aliphatic rings. The normalized spacial score (nSPS) is 22.4. The molecule has 0 bridgehead atoms. The third-order valence-corrected chi connectivity index (χ3v) is 7.57. The van der Waals surface area contributed by atoms with E-state index in [1.807, 2.05) is 48.5 Å². The van der Waals surface area contributed by atoms with E-state index in [4.69, 9.17) is 4.74 Å². The number of carbonyl (C=O) groups is 1. The predicted octanol–water partition coefficient (Wildman–Crippen LogP) is 1.00. The molecule has 0 aromatic heterocycles. The van der Waals surface area contributed by atoms with E-state index in [0.29, 0.717) is 43.9 Å². The van der Waals surface area contributed by atoms with Gasteiger partial charge in [0.1, 0.15) is 19.1 Å². The number of para-hydroxylation sites is 2. The number of nitrogens with one attached hydrogen (secondary N) is 3. The summed E-state index contributed by atoms with van der Waals surface area (Å²) in [6.45, 7) is 3.55.